The minimum atomic E-state index is -0.399. The van der Waals surface area contributed by atoms with Gasteiger partial charge in [0, 0.05) is 44.0 Å². The molecule has 7 heteroatoms. The van der Waals surface area contributed by atoms with E-state index < -0.39 is 6.10 Å². The predicted octanol–water partition coefficient (Wildman–Crippen LogP) is 2.57. The Balaban J connectivity index is 1.27. The number of nitrogens with one attached hydrogen (secondary N) is 2. The largest absolute Gasteiger partial charge is 0.379 e. The van der Waals surface area contributed by atoms with Crippen LogP contribution in [-0.2, 0) is 27.4 Å². The molecule has 2 aliphatic heterocycles. The zero-order valence-electron chi connectivity index (χ0n) is 17.6. The van der Waals surface area contributed by atoms with Crippen LogP contribution in [-0.4, -0.2) is 55.7 Å². The van der Waals surface area contributed by atoms with Gasteiger partial charge in [-0.3, -0.25) is 14.5 Å². The highest BCUT2D eigenvalue weighted by Crippen LogP contribution is 2.16. The maximum atomic E-state index is 12.6. The van der Waals surface area contributed by atoms with Crippen molar-refractivity contribution in [3.63, 3.8) is 0 Å². The van der Waals surface area contributed by atoms with E-state index in [9.17, 15) is 9.59 Å². The van der Waals surface area contributed by atoms with Gasteiger partial charge in [0.2, 0.25) is 0 Å². The van der Waals surface area contributed by atoms with Crippen molar-refractivity contribution in [2.45, 2.75) is 32.0 Å². The quantitative estimate of drug-likeness (QED) is 0.716. The van der Waals surface area contributed by atoms with Crippen LogP contribution in [0.2, 0.25) is 0 Å². The third kappa shape index (κ3) is 6.13. The predicted molar refractivity (Wildman–Crippen MR) is 118 cm³/mol. The molecule has 2 aromatic rings. The molecular formula is C24H29N3O4. The number of carbonyl (C=O) groups excluding carboxylic acids is 2. The van der Waals surface area contributed by atoms with Crippen LogP contribution in [0.4, 0.5) is 5.69 Å². The Labute approximate surface area is 182 Å². The summed E-state index contributed by atoms with van der Waals surface area (Å²) in [6.45, 7) is 5.50. The first-order chi connectivity index (χ1) is 15.2. The Morgan fingerprint density at radius 3 is 2.52 bits per heavy atom. The topological polar surface area (TPSA) is 79.9 Å². The summed E-state index contributed by atoms with van der Waals surface area (Å²) in [4.78, 5) is 27.2. The molecule has 2 aromatic carbocycles. The second kappa shape index (κ2) is 10.5. The molecule has 2 N–H and O–H groups in total. The minimum absolute atomic E-state index is 0.160. The molecule has 7 nitrogen and oxygen atoms in total. The van der Waals surface area contributed by atoms with E-state index in [-0.39, 0.29) is 11.8 Å². The average molecular weight is 424 g/mol. The van der Waals surface area contributed by atoms with Crippen LogP contribution >= 0.6 is 0 Å². The zero-order valence-corrected chi connectivity index (χ0v) is 17.6. The van der Waals surface area contributed by atoms with Gasteiger partial charge in [0.25, 0.3) is 11.8 Å². The van der Waals surface area contributed by atoms with Gasteiger partial charge in [0.15, 0.2) is 0 Å². The highest BCUT2D eigenvalue weighted by Gasteiger charge is 2.23. The van der Waals surface area contributed by atoms with E-state index in [1.54, 1.807) is 24.3 Å². The van der Waals surface area contributed by atoms with Crippen LogP contribution < -0.4 is 10.6 Å². The van der Waals surface area contributed by atoms with E-state index in [1.165, 1.54) is 5.56 Å². The van der Waals surface area contributed by atoms with Crippen molar-refractivity contribution in [1.82, 2.24) is 10.2 Å². The molecule has 0 spiro atoms. The van der Waals surface area contributed by atoms with Crippen LogP contribution in [0.25, 0.3) is 0 Å². The molecule has 2 fully saturated rings. The van der Waals surface area contributed by atoms with E-state index in [2.05, 4.69) is 27.7 Å². The molecular weight excluding hydrogens is 394 g/mol. The first kappa shape index (κ1) is 21.5. The van der Waals surface area contributed by atoms with Gasteiger partial charge in [0.05, 0.1) is 13.2 Å². The van der Waals surface area contributed by atoms with Gasteiger partial charge in [-0.25, -0.2) is 0 Å². The number of amides is 2. The lowest BCUT2D eigenvalue weighted by Gasteiger charge is -2.26. The lowest BCUT2D eigenvalue weighted by atomic mass is 10.1. The minimum Gasteiger partial charge on any atom is -0.379 e. The number of morpholine rings is 1. The molecule has 0 aromatic heterocycles. The third-order valence-electron chi connectivity index (χ3n) is 5.60. The number of hydrogen-bond donors (Lipinski definition) is 2. The summed E-state index contributed by atoms with van der Waals surface area (Å²) < 4.78 is 10.8. The maximum Gasteiger partial charge on any atom is 0.253 e. The molecule has 1 atom stereocenters. The molecule has 4 rings (SSSR count). The van der Waals surface area contributed by atoms with Gasteiger partial charge in [-0.1, -0.05) is 30.3 Å². The van der Waals surface area contributed by atoms with E-state index in [4.69, 9.17) is 9.47 Å². The molecule has 2 saturated heterocycles. The second-order valence-electron chi connectivity index (χ2n) is 7.96. The molecule has 0 bridgehead atoms. The lowest BCUT2D eigenvalue weighted by molar-refractivity contribution is -0.124. The Hall–Kier alpha value is -2.74. The lowest BCUT2D eigenvalue weighted by Crippen LogP contribution is -2.35. The summed E-state index contributed by atoms with van der Waals surface area (Å²) in [5, 5.41) is 5.79. The van der Waals surface area contributed by atoms with Crippen LogP contribution in [0.5, 0.6) is 0 Å². The normalized spacial score (nSPS) is 19.2. The Kier molecular flexibility index (Phi) is 7.30. The molecule has 1 unspecified atom stereocenters. The van der Waals surface area contributed by atoms with Crippen molar-refractivity contribution in [3.8, 4) is 0 Å². The summed E-state index contributed by atoms with van der Waals surface area (Å²) in [6, 6.07) is 15.3. The third-order valence-corrected chi connectivity index (χ3v) is 5.60. The number of benzene rings is 2. The van der Waals surface area contributed by atoms with Crippen molar-refractivity contribution >= 4 is 17.5 Å². The van der Waals surface area contributed by atoms with Crippen molar-refractivity contribution in [3.05, 3.63) is 65.2 Å². The van der Waals surface area contributed by atoms with Crippen LogP contribution in [0.1, 0.15) is 34.3 Å². The van der Waals surface area contributed by atoms with Crippen LogP contribution in [0.3, 0.4) is 0 Å². The van der Waals surface area contributed by atoms with Gasteiger partial charge in [0.1, 0.15) is 6.10 Å². The van der Waals surface area contributed by atoms with Gasteiger partial charge in [-0.05, 0) is 42.2 Å². The first-order valence-corrected chi connectivity index (χ1v) is 10.9. The Bertz CT molecular complexity index is 888. The maximum absolute atomic E-state index is 12.6. The fourth-order valence-corrected chi connectivity index (χ4v) is 3.81. The van der Waals surface area contributed by atoms with E-state index in [0.717, 1.165) is 51.3 Å². The summed E-state index contributed by atoms with van der Waals surface area (Å²) in [7, 11) is 0. The summed E-state index contributed by atoms with van der Waals surface area (Å²) in [6.07, 6.45) is 1.23. The van der Waals surface area contributed by atoms with Crippen LogP contribution in [0.15, 0.2) is 48.5 Å². The highest BCUT2D eigenvalue weighted by molar-refractivity contribution is 5.98. The Morgan fingerprint density at radius 1 is 1.00 bits per heavy atom. The molecule has 0 aliphatic carbocycles. The summed E-state index contributed by atoms with van der Waals surface area (Å²) >= 11 is 0. The molecule has 2 heterocycles. The molecule has 31 heavy (non-hydrogen) atoms. The number of carbonyl (C=O) groups is 2. The van der Waals surface area contributed by atoms with Crippen molar-refractivity contribution in [2.24, 2.45) is 0 Å². The first-order valence-electron chi connectivity index (χ1n) is 10.9. The fraction of sp³-hybridized carbons (Fsp3) is 0.417. The molecule has 0 saturated carbocycles. The monoisotopic (exact) mass is 423 g/mol. The fourth-order valence-electron chi connectivity index (χ4n) is 3.81. The van der Waals surface area contributed by atoms with Gasteiger partial charge in [-0.2, -0.15) is 0 Å². The van der Waals surface area contributed by atoms with Gasteiger partial charge < -0.3 is 20.1 Å². The Morgan fingerprint density at radius 2 is 1.77 bits per heavy atom. The standard InChI is InChI=1S/C24H29N3O4/c28-23(20-3-1-4-21(15-20)26-24(29)22-5-2-12-31-22)25-16-18-6-8-19(9-7-18)17-27-10-13-30-14-11-27/h1,3-4,6-9,15,22H,2,5,10-14,16-17H2,(H,25,28)(H,26,29). The smallest absolute Gasteiger partial charge is 0.253 e. The average Bonchev–Trinajstić information content (AvgIpc) is 3.35. The summed E-state index contributed by atoms with van der Waals surface area (Å²) in [5.41, 5.74) is 3.41. The highest BCUT2D eigenvalue weighted by atomic mass is 16.5. The van der Waals surface area contributed by atoms with Crippen molar-refractivity contribution in [1.29, 1.82) is 0 Å². The van der Waals surface area contributed by atoms with Crippen molar-refractivity contribution in [2.75, 3.05) is 38.2 Å². The molecule has 164 valence electrons. The molecule has 2 aliphatic rings. The van der Waals surface area contributed by atoms with E-state index >= 15 is 0 Å². The number of ether oxygens (including phenoxy) is 2. The van der Waals surface area contributed by atoms with E-state index in [0.29, 0.717) is 24.4 Å². The number of rotatable bonds is 7. The summed E-state index contributed by atoms with van der Waals surface area (Å²) in [5.74, 6) is -0.335. The second-order valence-corrected chi connectivity index (χ2v) is 7.96. The number of hydrogen-bond acceptors (Lipinski definition) is 5. The molecule has 2 amide bonds. The van der Waals surface area contributed by atoms with Crippen molar-refractivity contribution < 1.29 is 19.1 Å². The zero-order chi connectivity index (χ0) is 21.5. The van der Waals surface area contributed by atoms with Gasteiger partial charge in [-0.15, -0.1) is 0 Å². The number of anilines is 1. The van der Waals surface area contributed by atoms with E-state index in [1.807, 2.05) is 12.1 Å². The number of nitrogens with zero attached hydrogens (tertiary/aromatic N) is 1. The SMILES string of the molecule is O=C(NCc1ccc(CN2CCOCC2)cc1)c1cccc(NC(=O)C2CCCO2)c1. The van der Waals surface area contributed by atoms with Crippen LogP contribution in [0, 0.1) is 0 Å². The molecule has 0 radical (unpaired) electrons. The van der Waals surface area contributed by atoms with Gasteiger partial charge >= 0.3 is 0 Å².